The van der Waals surface area contributed by atoms with Gasteiger partial charge in [0.2, 0.25) is 10.0 Å². The molecule has 0 bridgehead atoms. The maximum Gasteiger partial charge on any atom is 0.246 e. The van der Waals surface area contributed by atoms with Gasteiger partial charge in [-0.3, -0.25) is 0 Å². The van der Waals surface area contributed by atoms with Crippen LogP contribution in [0.3, 0.4) is 0 Å². The Morgan fingerprint density at radius 2 is 1.90 bits per heavy atom. The Balaban J connectivity index is 1.79. The topological polar surface area (TPSA) is 94.8 Å². The first-order valence-corrected chi connectivity index (χ1v) is 7.96. The second-order valence-corrected chi connectivity index (χ2v) is 6.80. The molecule has 0 saturated carbocycles. The molecule has 2 fully saturated rings. The van der Waals surface area contributed by atoms with Crippen molar-refractivity contribution in [3.63, 3.8) is 0 Å². The van der Waals surface area contributed by atoms with Gasteiger partial charge in [-0.2, -0.15) is 4.31 Å². The summed E-state index contributed by atoms with van der Waals surface area (Å²) >= 11 is 0. The Labute approximate surface area is 117 Å². The molecule has 8 heteroatoms. The van der Waals surface area contributed by atoms with Crippen LogP contribution in [-0.2, 0) is 19.5 Å². The maximum atomic E-state index is 12.5. The molecule has 7 nitrogen and oxygen atoms in total. The van der Waals surface area contributed by atoms with Crippen molar-refractivity contribution in [1.29, 1.82) is 0 Å². The lowest BCUT2D eigenvalue weighted by atomic mass is 10.1. The monoisotopic (exact) mass is 299 g/mol. The Morgan fingerprint density at radius 3 is 2.50 bits per heavy atom. The summed E-state index contributed by atoms with van der Waals surface area (Å²) in [6.45, 7) is 1.86. The molecule has 3 heterocycles. The SMILES string of the molecule is Nc1ncccc1S(=O)(=O)N1CCC2(CC1)OCCO2. The van der Waals surface area contributed by atoms with Crippen LogP contribution in [0.1, 0.15) is 12.8 Å². The number of nitrogen functional groups attached to an aromatic ring is 1. The molecule has 0 amide bonds. The lowest BCUT2D eigenvalue weighted by molar-refractivity contribution is -0.179. The molecule has 0 atom stereocenters. The first kappa shape index (κ1) is 13.7. The zero-order valence-electron chi connectivity index (χ0n) is 11.0. The van der Waals surface area contributed by atoms with Crippen LogP contribution in [-0.4, -0.2) is 49.8 Å². The predicted octanol–water partition coefficient (Wildman–Crippen LogP) is 0.191. The summed E-state index contributed by atoms with van der Waals surface area (Å²) in [7, 11) is -3.60. The van der Waals surface area contributed by atoms with E-state index in [1.165, 1.54) is 16.6 Å². The molecule has 0 aliphatic carbocycles. The summed E-state index contributed by atoms with van der Waals surface area (Å²) in [6, 6.07) is 3.04. The van der Waals surface area contributed by atoms with Gasteiger partial charge in [0.25, 0.3) is 0 Å². The van der Waals surface area contributed by atoms with Crippen LogP contribution in [0.25, 0.3) is 0 Å². The third-order valence-electron chi connectivity index (χ3n) is 3.72. The Morgan fingerprint density at radius 1 is 1.25 bits per heavy atom. The number of sulfonamides is 1. The van der Waals surface area contributed by atoms with Crippen LogP contribution in [0.2, 0.25) is 0 Å². The van der Waals surface area contributed by atoms with E-state index in [0.717, 1.165) is 0 Å². The average Bonchev–Trinajstić information content (AvgIpc) is 2.88. The van der Waals surface area contributed by atoms with Crippen molar-refractivity contribution in [1.82, 2.24) is 9.29 Å². The highest BCUT2D eigenvalue weighted by Crippen LogP contribution is 2.33. The van der Waals surface area contributed by atoms with E-state index in [1.807, 2.05) is 0 Å². The second kappa shape index (κ2) is 4.96. The standard InChI is InChI=1S/C12H17N3O4S/c13-11-10(2-1-5-14-11)20(16,17)15-6-3-12(4-7-15)18-8-9-19-12/h1-2,5H,3-4,6-9H2,(H2,13,14). The van der Waals surface area contributed by atoms with Gasteiger partial charge in [0.1, 0.15) is 10.7 Å². The van der Waals surface area contributed by atoms with Crippen molar-refractivity contribution in [2.24, 2.45) is 0 Å². The number of hydrogen-bond donors (Lipinski definition) is 1. The smallest absolute Gasteiger partial charge is 0.246 e. The zero-order chi connectivity index (χ0) is 14.2. The molecule has 0 unspecified atom stereocenters. The van der Waals surface area contributed by atoms with Crippen LogP contribution < -0.4 is 5.73 Å². The van der Waals surface area contributed by atoms with Crippen LogP contribution >= 0.6 is 0 Å². The summed E-state index contributed by atoms with van der Waals surface area (Å²) in [4.78, 5) is 3.89. The molecule has 2 aliphatic heterocycles. The minimum Gasteiger partial charge on any atom is -0.383 e. The molecule has 2 saturated heterocycles. The molecular formula is C12H17N3O4S. The number of hydrogen-bond acceptors (Lipinski definition) is 6. The lowest BCUT2D eigenvalue weighted by Gasteiger charge is -2.36. The van der Waals surface area contributed by atoms with Gasteiger partial charge in [-0.05, 0) is 12.1 Å². The predicted molar refractivity (Wildman–Crippen MR) is 71.3 cm³/mol. The van der Waals surface area contributed by atoms with Gasteiger partial charge in [0, 0.05) is 32.1 Å². The van der Waals surface area contributed by atoms with E-state index < -0.39 is 15.8 Å². The highest BCUT2D eigenvalue weighted by Gasteiger charge is 2.43. The number of pyridine rings is 1. The van der Waals surface area contributed by atoms with Crippen LogP contribution in [0.15, 0.2) is 23.2 Å². The lowest BCUT2D eigenvalue weighted by Crippen LogP contribution is -2.47. The van der Waals surface area contributed by atoms with Gasteiger partial charge in [-0.25, -0.2) is 13.4 Å². The zero-order valence-corrected chi connectivity index (χ0v) is 11.8. The number of aromatic nitrogens is 1. The van der Waals surface area contributed by atoms with Gasteiger partial charge >= 0.3 is 0 Å². The summed E-state index contributed by atoms with van der Waals surface area (Å²) in [5, 5.41) is 0. The Kier molecular flexibility index (Phi) is 3.41. The number of ether oxygens (including phenoxy) is 2. The molecule has 1 spiro atoms. The first-order chi connectivity index (χ1) is 9.54. The largest absolute Gasteiger partial charge is 0.383 e. The van der Waals surface area contributed by atoms with E-state index in [0.29, 0.717) is 39.1 Å². The molecule has 20 heavy (non-hydrogen) atoms. The molecule has 1 aromatic heterocycles. The fraction of sp³-hybridized carbons (Fsp3) is 0.583. The number of anilines is 1. The van der Waals surface area contributed by atoms with E-state index in [4.69, 9.17) is 15.2 Å². The molecule has 0 radical (unpaired) electrons. The van der Waals surface area contributed by atoms with Gasteiger partial charge in [0.15, 0.2) is 5.79 Å². The van der Waals surface area contributed by atoms with Gasteiger partial charge in [0.05, 0.1) is 13.2 Å². The van der Waals surface area contributed by atoms with Crippen molar-refractivity contribution >= 4 is 15.8 Å². The fourth-order valence-electron chi connectivity index (χ4n) is 2.61. The number of piperidine rings is 1. The number of nitrogens with zero attached hydrogens (tertiary/aromatic N) is 2. The van der Waals surface area contributed by atoms with Crippen molar-refractivity contribution in [2.45, 2.75) is 23.5 Å². The van der Waals surface area contributed by atoms with E-state index in [9.17, 15) is 8.42 Å². The molecule has 3 rings (SSSR count). The number of nitrogens with two attached hydrogens (primary N) is 1. The summed E-state index contributed by atoms with van der Waals surface area (Å²) in [5.74, 6) is -0.562. The molecule has 1 aromatic rings. The molecule has 110 valence electrons. The third kappa shape index (κ3) is 2.28. The van der Waals surface area contributed by atoms with Crippen LogP contribution in [0.4, 0.5) is 5.82 Å². The third-order valence-corrected chi connectivity index (χ3v) is 5.66. The highest BCUT2D eigenvalue weighted by atomic mass is 32.2. The highest BCUT2D eigenvalue weighted by molar-refractivity contribution is 7.89. The molecule has 2 N–H and O–H groups in total. The summed E-state index contributed by atoms with van der Waals surface area (Å²) < 4.78 is 37.7. The van der Waals surface area contributed by atoms with Crippen molar-refractivity contribution in [3.05, 3.63) is 18.3 Å². The average molecular weight is 299 g/mol. The van der Waals surface area contributed by atoms with Crippen molar-refractivity contribution in [2.75, 3.05) is 32.0 Å². The normalized spacial score (nSPS) is 23.2. The van der Waals surface area contributed by atoms with E-state index >= 15 is 0 Å². The molecule has 0 aromatic carbocycles. The minimum absolute atomic E-state index is 0.0288. The first-order valence-electron chi connectivity index (χ1n) is 6.52. The van der Waals surface area contributed by atoms with Gasteiger partial charge in [-0.1, -0.05) is 0 Å². The molecular weight excluding hydrogens is 282 g/mol. The van der Waals surface area contributed by atoms with Crippen molar-refractivity contribution < 1.29 is 17.9 Å². The van der Waals surface area contributed by atoms with Crippen molar-refractivity contribution in [3.8, 4) is 0 Å². The quantitative estimate of drug-likeness (QED) is 0.838. The van der Waals surface area contributed by atoms with E-state index in [-0.39, 0.29) is 10.7 Å². The second-order valence-electron chi connectivity index (χ2n) is 4.90. The maximum absolute atomic E-state index is 12.5. The van der Waals surface area contributed by atoms with E-state index in [1.54, 1.807) is 6.07 Å². The Hall–Kier alpha value is -1.22. The van der Waals surface area contributed by atoms with Gasteiger partial charge in [-0.15, -0.1) is 0 Å². The van der Waals surface area contributed by atoms with E-state index in [2.05, 4.69) is 4.98 Å². The molecule has 2 aliphatic rings. The van der Waals surface area contributed by atoms with Gasteiger partial charge < -0.3 is 15.2 Å². The van der Waals surface area contributed by atoms with Crippen LogP contribution in [0, 0.1) is 0 Å². The van der Waals surface area contributed by atoms with Crippen LogP contribution in [0.5, 0.6) is 0 Å². The minimum atomic E-state index is -3.60. The summed E-state index contributed by atoms with van der Waals surface area (Å²) in [5.41, 5.74) is 5.66. The fourth-order valence-corrected chi connectivity index (χ4v) is 4.12. The summed E-state index contributed by atoms with van der Waals surface area (Å²) in [6.07, 6.45) is 2.54. The Bertz CT molecular complexity index is 588. The number of rotatable bonds is 2.